The molecule has 0 saturated carbocycles. The predicted molar refractivity (Wildman–Crippen MR) is 62.2 cm³/mol. The molecular formula is C11H16ClF2NO. The Balaban J connectivity index is 0.00000225. The summed E-state index contributed by atoms with van der Waals surface area (Å²) >= 11 is 0. The molecular weight excluding hydrogens is 236 g/mol. The Labute approximate surface area is 100 Å². The highest BCUT2D eigenvalue weighted by molar-refractivity contribution is 5.85. The van der Waals surface area contributed by atoms with Crippen molar-refractivity contribution in [3.63, 3.8) is 0 Å². The molecule has 92 valence electrons. The van der Waals surface area contributed by atoms with Gasteiger partial charge in [-0.2, -0.15) is 0 Å². The highest BCUT2D eigenvalue weighted by Gasteiger charge is 2.16. The van der Waals surface area contributed by atoms with Crippen LogP contribution >= 0.6 is 12.4 Å². The third-order valence-electron chi connectivity index (χ3n) is 2.27. The van der Waals surface area contributed by atoms with E-state index in [1.54, 1.807) is 13.8 Å². The molecule has 0 aliphatic carbocycles. The van der Waals surface area contributed by atoms with Gasteiger partial charge in [-0.1, -0.05) is 0 Å². The van der Waals surface area contributed by atoms with Crippen molar-refractivity contribution in [1.29, 1.82) is 0 Å². The lowest BCUT2D eigenvalue weighted by atomic mass is 10.0. The summed E-state index contributed by atoms with van der Waals surface area (Å²) in [6.45, 7) is 3.38. The van der Waals surface area contributed by atoms with Gasteiger partial charge in [0.2, 0.25) is 0 Å². The largest absolute Gasteiger partial charge is 0.491 e. The first-order chi connectivity index (χ1) is 6.97. The summed E-state index contributed by atoms with van der Waals surface area (Å²) < 4.78 is 31.5. The minimum atomic E-state index is -0.684. The van der Waals surface area contributed by atoms with Crippen LogP contribution in [0.5, 0.6) is 5.75 Å². The van der Waals surface area contributed by atoms with E-state index in [0.717, 1.165) is 0 Å². The van der Waals surface area contributed by atoms with Crippen LogP contribution in [0.25, 0.3) is 0 Å². The van der Waals surface area contributed by atoms with Gasteiger partial charge in [-0.15, -0.1) is 12.4 Å². The Morgan fingerprint density at radius 1 is 1.44 bits per heavy atom. The van der Waals surface area contributed by atoms with Gasteiger partial charge in [-0.05, 0) is 37.5 Å². The highest BCUT2D eigenvalue weighted by Crippen LogP contribution is 2.27. The van der Waals surface area contributed by atoms with E-state index in [0.29, 0.717) is 17.5 Å². The zero-order valence-corrected chi connectivity index (χ0v) is 10.3. The molecule has 0 aromatic heterocycles. The number of halogens is 3. The van der Waals surface area contributed by atoms with Crippen molar-refractivity contribution < 1.29 is 13.5 Å². The van der Waals surface area contributed by atoms with Gasteiger partial charge < -0.3 is 10.5 Å². The second kappa shape index (κ2) is 6.01. The fourth-order valence-corrected chi connectivity index (χ4v) is 1.49. The van der Waals surface area contributed by atoms with E-state index in [1.165, 1.54) is 13.2 Å². The third-order valence-corrected chi connectivity index (χ3v) is 2.27. The van der Waals surface area contributed by atoms with E-state index in [-0.39, 0.29) is 24.2 Å². The summed E-state index contributed by atoms with van der Waals surface area (Å²) in [5.41, 5.74) is 6.57. The molecule has 0 amide bonds. The lowest BCUT2D eigenvalue weighted by molar-refractivity contribution is 0.357. The molecule has 0 aliphatic heterocycles. The quantitative estimate of drug-likeness (QED) is 0.896. The molecule has 0 aliphatic rings. The molecule has 2 nitrogen and oxygen atoms in total. The van der Waals surface area contributed by atoms with Crippen LogP contribution < -0.4 is 10.5 Å². The minimum absolute atomic E-state index is 0. The number of rotatable bonds is 3. The van der Waals surface area contributed by atoms with Crippen LogP contribution in [0.3, 0.4) is 0 Å². The number of hydrogen-bond donors (Lipinski definition) is 1. The van der Waals surface area contributed by atoms with Crippen LogP contribution in [0.4, 0.5) is 8.78 Å². The maximum atomic E-state index is 13.6. The van der Waals surface area contributed by atoms with Crippen molar-refractivity contribution >= 4 is 12.4 Å². The number of hydrogen-bond acceptors (Lipinski definition) is 2. The molecule has 2 N–H and O–H groups in total. The van der Waals surface area contributed by atoms with E-state index in [1.807, 2.05) is 0 Å². The number of benzene rings is 1. The summed E-state index contributed by atoms with van der Waals surface area (Å²) in [5, 5.41) is 0. The van der Waals surface area contributed by atoms with Crippen LogP contribution in [0.2, 0.25) is 0 Å². The van der Waals surface area contributed by atoms with Crippen molar-refractivity contribution in [2.24, 2.45) is 5.73 Å². The maximum Gasteiger partial charge on any atom is 0.190 e. The van der Waals surface area contributed by atoms with Crippen LogP contribution in [-0.4, -0.2) is 13.2 Å². The molecule has 1 atom stereocenters. The van der Waals surface area contributed by atoms with Crippen molar-refractivity contribution in [3.8, 4) is 5.75 Å². The normalized spacial score (nSPS) is 11.9. The average molecular weight is 252 g/mol. The zero-order chi connectivity index (χ0) is 11.6. The van der Waals surface area contributed by atoms with Gasteiger partial charge in [0.1, 0.15) is 0 Å². The van der Waals surface area contributed by atoms with Gasteiger partial charge >= 0.3 is 0 Å². The van der Waals surface area contributed by atoms with E-state index < -0.39 is 11.6 Å². The van der Waals surface area contributed by atoms with Gasteiger partial charge in [0.15, 0.2) is 17.4 Å². The van der Waals surface area contributed by atoms with Crippen LogP contribution in [0.1, 0.15) is 18.1 Å². The van der Waals surface area contributed by atoms with Gasteiger partial charge in [-0.25, -0.2) is 8.78 Å². The van der Waals surface area contributed by atoms with E-state index in [4.69, 9.17) is 5.73 Å². The monoisotopic (exact) mass is 251 g/mol. The summed E-state index contributed by atoms with van der Waals surface area (Å²) in [6, 6.07) is 1.15. The lowest BCUT2D eigenvalue weighted by Gasteiger charge is -2.12. The summed E-state index contributed by atoms with van der Waals surface area (Å²) in [4.78, 5) is 0. The van der Waals surface area contributed by atoms with Gasteiger partial charge in [-0.3, -0.25) is 0 Å². The minimum Gasteiger partial charge on any atom is -0.491 e. The SMILES string of the molecule is COc1c(F)cc(CC(C)N)c(C)c1F.Cl. The van der Waals surface area contributed by atoms with Crippen LogP contribution in [-0.2, 0) is 6.42 Å². The molecule has 0 fully saturated rings. The maximum absolute atomic E-state index is 13.6. The molecule has 0 saturated heterocycles. The van der Waals surface area contributed by atoms with Gasteiger partial charge in [0.25, 0.3) is 0 Å². The molecule has 1 aromatic carbocycles. The summed E-state index contributed by atoms with van der Waals surface area (Å²) in [7, 11) is 1.24. The Morgan fingerprint density at radius 3 is 2.44 bits per heavy atom. The molecule has 0 bridgehead atoms. The summed E-state index contributed by atoms with van der Waals surface area (Å²) in [6.07, 6.45) is 0.448. The molecule has 0 radical (unpaired) electrons. The Morgan fingerprint density at radius 2 is 2.00 bits per heavy atom. The Hall–Kier alpha value is -0.870. The molecule has 0 spiro atoms. The van der Waals surface area contributed by atoms with E-state index in [9.17, 15) is 8.78 Å². The fraction of sp³-hybridized carbons (Fsp3) is 0.455. The molecule has 1 rings (SSSR count). The summed E-state index contributed by atoms with van der Waals surface area (Å²) in [5.74, 6) is -1.66. The standard InChI is InChI=1S/C11H15F2NO.ClH/c1-6(14)4-8-5-9(12)11(15-3)10(13)7(8)2;/h5-6H,4,14H2,1-3H3;1H. The van der Waals surface area contributed by atoms with Crippen molar-refractivity contribution in [1.82, 2.24) is 0 Å². The topological polar surface area (TPSA) is 35.2 Å². The molecule has 1 unspecified atom stereocenters. The smallest absolute Gasteiger partial charge is 0.190 e. The van der Waals surface area contributed by atoms with Gasteiger partial charge in [0.05, 0.1) is 7.11 Å². The molecule has 1 aromatic rings. The Bertz CT molecular complexity index is 369. The first-order valence-corrected chi connectivity index (χ1v) is 4.74. The third kappa shape index (κ3) is 3.06. The number of ether oxygens (including phenoxy) is 1. The average Bonchev–Trinajstić information content (AvgIpc) is 2.14. The first kappa shape index (κ1) is 15.1. The predicted octanol–water partition coefficient (Wildman–Crippen LogP) is 2.59. The molecule has 0 heterocycles. The fourth-order valence-electron chi connectivity index (χ4n) is 1.49. The van der Waals surface area contributed by atoms with Crippen molar-refractivity contribution in [2.45, 2.75) is 26.3 Å². The van der Waals surface area contributed by atoms with E-state index in [2.05, 4.69) is 4.74 Å². The van der Waals surface area contributed by atoms with Crippen LogP contribution in [0.15, 0.2) is 6.07 Å². The van der Waals surface area contributed by atoms with Crippen LogP contribution in [0, 0.1) is 18.6 Å². The van der Waals surface area contributed by atoms with Crippen molar-refractivity contribution in [2.75, 3.05) is 7.11 Å². The second-order valence-electron chi connectivity index (χ2n) is 3.67. The van der Waals surface area contributed by atoms with Gasteiger partial charge in [0, 0.05) is 6.04 Å². The molecule has 5 heteroatoms. The van der Waals surface area contributed by atoms with E-state index >= 15 is 0 Å². The highest BCUT2D eigenvalue weighted by atomic mass is 35.5. The number of nitrogens with two attached hydrogens (primary N) is 1. The first-order valence-electron chi connectivity index (χ1n) is 4.74. The lowest BCUT2D eigenvalue weighted by Crippen LogP contribution is -2.19. The zero-order valence-electron chi connectivity index (χ0n) is 9.51. The van der Waals surface area contributed by atoms with Crippen molar-refractivity contribution in [3.05, 3.63) is 28.8 Å². The second-order valence-corrected chi connectivity index (χ2v) is 3.67. The molecule has 16 heavy (non-hydrogen) atoms. The Kier molecular flexibility index (Phi) is 5.68. The number of methoxy groups -OCH3 is 1.